The third kappa shape index (κ3) is 3.32. The van der Waals surface area contributed by atoms with E-state index in [2.05, 4.69) is 5.32 Å². The third-order valence-corrected chi connectivity index (χ3v) is 2.60. The predicted molar refractivity (Wildman–Crippen MR) is 72.1 cm³/mol. The normalized spacial score (nSPS) is 10.1. The number of nitro groups is 1. The molecule has 6 nitrogen and oxygen atoms in total. The van der Waals surface area contributed by atoms with Crippen molar-refractivity contribution in [3.63, 3.8) is 0 Å². The summed E-state index contributed by atoms with van der Waals surface area (Å²) < 4.78 is 39.2. The molecule has 0 aromatic heterocycles. The monoisotopic (exact) mass is 311 g/mol. The summed E-state index contributed by atoms with van der Waals surface area (Å²) in [7, 11) is 0. The van der Waals surface area contributed by atoms with Crippen molar-refractivity contribution in [2.45, 2.75) is 0 Å². The van der Waals surface area contributed by atoms with Crippen LogP contribution in [-0.2, 0) is 0 Å². The van der Waals surface area contributed by atoms with Crippen LogP contribution in [0.4, 0.5) is 35.0 Å². The maximum absolute atomic E-state index is 13.4. The number of amides is 2. The Hall–Kier alpha value is -3.10. The van der Waals surface area contributed by atoms with Crippen LogP contribution < -0.4 is 10.6 Å². The Morgan fingerprint density at radius 2 is 1.77 bits per heavy atom. The number of carbonyl (C=O) groups is 1. The van der Waals surface area contributed by atoms with Crippen molar-refractivity contribution in [3.05, 3.63) is 64.0 Å². The highest BCUT2D eigenvalue weighted by Gasteiger charge is 2.15. The van der Waals surface area contributed by atoms with Crippen LogP contribution >= 0.6 is 0 Å². The first-order valence-electron chi connectivity index (χ1n) is 5.84. The molecule has 9 heteroatoms. The average molecular weight is 311 g/mol. The van der Waals surface area contributed by atoms with Gasteiger partial charge in [0.15, 0.2) is 17.5 Å². The van der Waals surface area contributed by atoms with Gasteiger partial charge < -0.3 is 10.6 Å². The molecule has 0 aliphatic heterocycles. The summed E-state index contributed by atoms with van der Waals surface area (Å²) >= 11 is 0. The maximum atomic E-state index is 13.4. The molecule has 2 N–H and O–H groups in total. The highest BCUT2D eigenvalue weighted by Crippen LogP contribution is 2.21. The van der Waals surface area contributed by atoms with E-state index in [1.807, 2.05) is 5.32 Å². The van der Waals surface area contributed by atoms with Gasteiger partial charge in [-0.1, -0.05) is 6.07 Å². The lowest BCUT2D eigenvalue weighted by Gasteiger charge is -2.09. The standard InChI is InChI=1S/C13H8F3N3O3/c14-9-4-5-10(12(16)11(9)15)18-13(20)17-7-2-1-3-8(6-7)19(21)22/h1-6H,(H2,17,18,20). The van der Waals surface area contributed by atoms with Gasteiger partial charge in [-0.25, -0.2) is 18.0 Å². The topological polar surface area (TPSA) is 84.3 Å². The molecule has 114 valence electrons. The predicted octanol–water partition coefficient (Wildman–Crippen LogP) is 3.66. The quantitative estimate of drug-likeness (QED) is 0.515. The summed E-state index contributed by atoms with van der Waals surface area (Å²) in [6, 6.07) is 5.55. The van der Waals surface area contributed by atoms with Crippen LogP contribution in [0.15, 0.2) is 36.4 Å². The SMILES string of the molecule is O=C(Nc1cccc([N+](=O)[O-])c1)Nc1ccc(F)c(F)c1F. The molecular weight excluding hydrogens is 303 g/mol. The Kier molecular flexibility index (Phi) is 4.25. The number of hydrogen-bond donors (Lipinski definition) is 2. The lowest BCUT2D eigenvalue weighted by atomic mass is 10.2. The Bertz CT molecular complexity index is 753. The number of benzene rings is 2. The molecule has 2 rings (SSSR count). The van der Waals surface area contributed by atoms with Gasteiger partial charge in [0, 0.05) is 17.8 Å². The van der Waals surface area contributed by atoms with E-state index in [1.165, 1.54) is 18.2 Å². The molecule has 0 fully saturated rings. The van der Waals surface area contributed by atoms with E-state index >= 15 is 0 Å². The Labute approximate surface area is 121 Å². The molecule has 0 unspecified atom stereocenters. The first-order chi connectivity index (χ1) is 10.4. The van der Waals surface area contributed by atoms with Crippen molar-refractivity contribution in [2.24, 2.45) is 0 Å². The molecule has 2 aromatic carbocycles. The third-order valence-electron chi connectivity index (χ3n) is 2.60. The van der Waals surface area contributed by atoms with Crippen molar-refractivity contribution in [2.75, 3.05) is 10.6 Å². The molecule has 2 amide bonds. The van der Waals surface area contributed by atoms with Crippen LogP contribution in [0.1, 0.15) is 0 Å². The zero-order valence-electron chi connectivity index (χ0n) is 10.8. The van der Waals surface area contributed by atoms with Crippen LogP contribution in [0.25, 0.3) is 0 Å². The number of anilines is 2. The second kappa shape index (κ2) is 6.12. The molecule has 0 aliphatic carbocycles. The number of urea groups is 1. The minimum absolute atomic E-state index is 0.0784. The summed E-state index contributed by atoms with van der Waals surface area (Å²) in [5.74, 6) is -4.65. The zero-order valence-corrected chi connectivity index (χ0v) is 10.8. The first kappa shape index (κ1) is 15.3. The lowest BCUT2D eigenvalue weighted by molar-refractivity contribution is -0.384. The molecule has 22 heavy (non-hydrogen) atoms. The van der Waals surface area contributed by atoms with Crippen molar-refractivity contribution in [3.8, 4) is 0 Å². The molecule has 0 saturated carbocycles. The van der Waals surface area contributed by atoms with Crippen LogP contribution in [0, 0.1) is 27.6 Å². The molecule has 0 radical (unpaired) electrons. The van der Waals surface area contributed by atoms with Crippen molar-refractivity contribution >= 4 is 23.1 Å². The van der Waals surface area contributed by atoms with Crippen molar-refractivity contribution in [1.29, 1.82) is 0 Å². The summed E-state index contributed by atoms with van der Waals surface area (Å²) in [6.45, 7) is 0. The second-order valence-electron chi connectivity index (χ2n) is 4.11. The second-order valence-corrected chi connectivity index (χ2v) is 4.11. The van der Waals surface area contributed by atoms with Gasteiger partial charge in [-0.2, -0.15) is 0 Å². The molecule has 0 heterocycles. The fraction of sp³-hybridized carbons (Fsp3) is 0. The number of hydrogen-bond acceptors (Lipinski definition) is 3. The molecular formula is C13H8F3N3O3. The Morgan fingerprint density at radius 3 is 2.45 bits per heavy atom. The number of carbonyl (C=O) groups excluding carboxylic acids is 1. The van der Waals surface area contributed by atoms with E-state index in [9.17, 15) is 28.1 Å². The van der Waals surface area contributed by atoms with Gasteiger partial charge >= 0.3 is 6.03 Å². The Balaban J connectivity index is 2.12. The van der Waals surface area contributed by atoms with Gasteiger partial charge in [-0.15, -0.1) is 0 Å². The number of non-ortho nitro benzene ring substituents is 1. The largest absolute Gasteiger partial charge is 0.323 e. The molecule has 0 atom stereocenters. The van der Waals surface area contributed by atoms with Gasteiger partial charge in [-0.3, -0.25) is 10.1 Å². The first-order valence-corrected chi connectivity index (χ1v) is 5.84. The summed E-state index contributed by atoms with van der Waals surface area (Å²) in [6.07, 6.45) is 0. The molecule has 0 spiro atoms. The minimum atomic E-state index is -1.71. The van der Waals surface area contributed by atoms with Gasteiger partial charge in [0.2, 0.25) is 0 Å². The van der Waals surface area contributed by atoms with E-state index in [-0.39, 0.29) is 11.4 Å². The van der Waals surface area contributed by atoms with Crippen molar-refractivity contribution < 1.29 is 22.9 Å². The van der Waals surface area contributed by atoms with Gasteiger partial charge in [0.25, 0.3) is 5.69 Å². The molecule has 2 aromatic rings. The number of nitrogens with zero attached hydrogens (tertiary/aromatic N) is 1. The average Bonchev–Trinajstić information content (AvgIpc) is 2.48. The number of halogens is 3. The van der Waals surface area contributed by atoms with Crippen molar-refractivity contribution in [1.82, 2.24) is 0 Å². The molecule has 0 saturated heterocycles. The van der Waals surface area contributed by atoms with Crippen LogP contribution in [0.2, 0.25) is 0 Å². The van der Waals surface area contributed by atoms with E-state index < -0.39 is 34.1 Å². The molecule has 0 aliphatic rings. The van der Waals surface area contributed by atoms with Gasteiger partial charge in [0.1, 0.15) is 0 Å². The van der Waals surface area contributed by atoms with E-state index in [4.69, 9.17) is 0 Å². The Morgan fingerprint density at radius 1 is 1.05 bits per heavy atom. The van der Waals surface area contributed by atoms with E-state index in [1.54, 1.807) is 0 Å². The van der Waals surface area contributed by atoms with Crippen LogP contribution in [-0.4, -0.2) is 11.0 Å². The smallest absolute Gasteiger partial charge is 0.307 e. The lowest BCUT2D eigenvalue weighted by Crippen LogP contribution is -2.20. The van der Waals surface area contributed by atoms with Crippen LogP contribution in [0.3, 0.4) is 0 Å². The number of nitrogens with one attached hydrogen (secondary N) is 2. The highest BCUT2D eigenvalue weighted by atomic mass is 19.2. The number of rotatable bonds is 3. The summed E-state index contributed by atoms with van der Waals surface area (Å²) in [5.41, 5.74) is -0.742. The summed E-state index contributed by atoms with van der Waals surface area (Å²) in [5, 5.41) is 14.8. The van der Waals surface area contributed by atoms with Gasteiger partial charge in [-0.05, 0) is 18.2 Å². The zero-order chi connectivity index (χ0) is 16.3. The fourth-order valence-electron chi connectivity index (χ4n) is 1.60. The van der Waals surface area contributed by atoms with E-state index in [0.717, 1.165) is 12.1 Å². The number of nitro benzene ring substituents is 1. The molecule has 0 bridgehead atoms. The van der Waals surface area contributed by atoms with Crippen LogP contribution in [0.5, 0.6) is 0 Å². The maximum Gasteiger partial charge on any atom is 0.323 e. The summed E-state index contributed by atoms with van der Waals surface area (Å²) in [4.78, 5) is 21.6. The highest BCUT2D eigenvalue weighted by molar-refractivity contribution is 5.99. The van der Waals surface area contributed by atoms with Gasteiger partial charge in [0.05, 0.1) is 10.6 Å². The fourth-order valence-corrected chi connectivity index (χ4v) is 1.60. The minimum Gasteiger partial charge on any atom is -0.307 e. The van der Waals surface area contributed by atoms with E-state index in [0.29, 0.717) is 6.07 Å².